The molecule has 6 nitrogen and oxygen atoms in total. The zero-order valence-electron chi connectivity index (χ0n) is 16.9. The Morgan fingerprint density at radius 2 is 2.16 bits per heavy atom. The van der Waals surface area contributed by atoms with E-state index in [1.165, 1.54) is 11.3 Å². The van der Waals surface area contributed by atoms with E-state index in [4.69, 9.17) is 0 Å². The van der Waals surface area contributed by atoms with Gasteiger partial charge in [-0.25, -0.2) is 9.97 Å². The molecule has 164 valence electrons. The van der Waals surface area contributed by atoms with Crippen LogP contribution in [0.3, 0.4) is 0 Å². The van der Waals surface area contributed by atoms with Crippen molar-refractivity contribution in [3.8, 4) is 10.6 Å². The number of halogens is 3. The topological polar surface area (TPSA) is 63.9 Å². The number of nitrogens with zero attached hydrogens (tertiary/aromatic N) is 5. The Morgan fingerprint density at radius 1 is 1.32 bits per heavy atom. The smallest absolute Gasteiger partial charge is 0.342 e. The van der Waals surface area contributed by atoms with Crippen molar-refractivity contribution < 1.29 is 18.0 Å². The highest BCUT2D eigenvalue weighted by atomic mass is 32.1. The van der Waals surface area contributed by atoms with Crippen molar-refractivity contribution in [1.29, 1.82) is 0 Å². The van der Waals surface area contributed by atoms with Crippen molar-refractivity contribution in [2.45, 2.75) is 44.3 Å². The normalized spacial score (nSPS) is 18.2. The first-order chi connectivity index (χ1) is 14.8. The molecule has 2 atom stereocenters. The molecule has 1 aliphatic rings. The second-order valence-electron chi connectivity index (χ2n) is 7.69. The van der Waals surface area contributed by atoms with Crippen LogP contribution < -0.4 is 0 Å². The van der Waals surface area contributed by atoms with Gasteiger partial charge in [-0.15, -0.1) is 11.3 Å². The van der Waals surface area contributed by atoms with Crippen molar-refractivity contribution in [2.75, 3.05) is 13.1 Å². The zero-order valence-corrected chi connectivity index (χ0v) is 17.7. The number of carbonyl (C=O) groups is 1. The Labute approximate surface area is 181 Å². The summed E-state index contributed by atoms with van der Waals surface area (Å²) in [5.74, 6) is -0.229. The van der Waals surface area contributed by atoms with Gasteiger partial charge in [0, 0.05) is 37.8 Å². The van der Waals surface area contributed by atoms with Crippen LogP contribution in [0.15, 0.2) is 42.0 Å². The van der Waals surface area contributed by atoms with Gasteiger partial charge in [-0.2, -0.15) is 18.3 Å². The lowest BCUT2D eigenvalue weighted by atomic mass is 9.96. The Hall–Kier alpha value is -2.75. The molecular formula is C21H22F3N5OS. The van der Waals surface area contributed by atoms with E-state index in [1.54, 1.807) is 45.6 Å². The number of thiophene rings is 1. The number of alkyl halides is 3. The Kier molecular flexibility index (Phi) is 6.08. The Morgan fingerprint density at radius 3 is 2.84 bits per heavy atom. The van der Waals surface area contributed by atoms with Crippen LogP contribution in [0.4, 0.5) is 13.2 Å². The van der Waals surface area contributed by atoms with Crippen molar-refractivity contribution in [2.24, 2.45) is 0 Å². The average molecular weight is 450 g/mol. The Bertz CT molecular complexity index is 1020. The predicted octanol–water partition coefficient (Wildman–Crippen LogP) is 4.78. The molecule has 0 saturated carbocycles. The number of amides is 1. The molecule has 0 bridgehead atoms. The van der Waals surface area contributed by atoms with Gasteiger partial charge >= 0.3 is 6.18 Å². The van der Waals surface area contributed by atoms with E-state index >= 15 is 0 Å². The van der Waals surface area contributed by atoms with Gasteiger partial charge in [0.2, 0.25) is 5.91 Å². The van der Waals surface area contributed by atoms with Crippen molar-refractivity contribution in [3.05, 3.63) is 53.6 Å². The summed E-state index contributed by atoms with van der Waals surface area (Å²) >= 11 is 1.33. The van der Waals surface area contributed by atoms with E-state index in [0.717, 1.165) is 6.07 Å². The van der Waals surface area contributed by atoms with E-state index < -0.39 is 11.9 Å². The number of carbonyl (C=O) groups excluding carboxylic acids is 1. The fraction of sp³-hybridized carbons (Fsp3) is 0.429. The first kappa shape index (κ1) is 21.5. The molecule has 3 aromatic heterocycles. The van der Waals surface area contributed by atoms with Crippen LogP contribution in [0.1, 0.15) is 49.7 Å². The molecule has 10 heteroatoms. The van der Waals surface area contributed by atoms with Crippen LogP contribution in [-0.4, -0.2) is 43.6 Å². The molecular weight excluding hydrogens is 427 g/mol. The van der Waals surface area contributed by atoms with Gasteiger partial charge in [0.15, 0.2) is 0 Å². The van der Waals surface area contributed by atoms with Gasteiger partial charge in [0.1, 0.15) is 11.5 Å². The van der Waals surface area contributed by atoms with E-state index in [9.17, 15) is 18.0 Å². The molecule has 0 radical (unpaired) electrons. The predicted molar refractivity (Wildman–Crippen MR) is 110 cm³/mol. The molecule has 3 aromatic rings. The second-order valence-corrected chi connectivity index (χ2v) is 8.64. The highest BCUT2D eigenvalue weighted by Gasteiger charge is 2.35. The maximum absolute atomic E-state index is 13.5. The minimum Gasteiger partial charge on any atom is -0.342 e. The summed E-state index contributed by atoms with van der Waals surface area (Å²) in [7, 11) is 0. The quantitative estimate of drug-likeness (QED) is 0.563. The van der Waals surface area contributed by atoms with Crippen LogP contribution >= 0.6 is 11.3 Å². The molecule has 0 aliphatic carbocycles. The van der Waals surface area contributed by atoms with E-state index in [2.05, 4.69) is 15.1 Å². The molecule has 4 heterocycles. The van der Waals surface area contributed by atoms with Crippen LogP contribution in [0.2, 0.25) is 0 Å². The highest BCUT2D eigenvalue weighted by Crippen LogP contribution is 2.34. The van der Waals surface area contributed by atoms with E-state index in [1.807, 2.05) is 6.92 Å². The molecule has 1 fully saturated rings. The summed E-state index contributed by atoms with van der Waals surface area (Å²) in [4.78, 5) is 23.5. The molecule has 4 rings (SSSR count). The minimum atomic E-state index is -4.56. The summed E-state index contributed by atoms with van der Waals surface area (Å²) in [6.07, 6.45) is 0.517. The molecule has 0 aromatic carbocycles. The third-order valence-corrected chi connectivity index (χ3v) is 6.29. The molecule has 1 saturated heterocycles. The van der Waals surface area contributed by atoms with Crippen LogP contribution in [0.25, 0.3) is 10.6 Å². The van der Waals surface area contributed by atoms with Gasteiger partial charge < -0.3 is 4.90 Å². The maximum atomic E-state index is 13.5. The van der Waals surface area contributed by atoms with Gasteiger partial charge in [0.05, 0.1) is 16.6 Å². The minimum absolute atomic E-state index is 0.0434. The van der Waals surface area contributed by atoms with Gasteiger partial charge in [0.25, 0.3) is 0 Å². The number of hydrogen-bond acceptors (Lipinski definition) is 5. The summed E-state index contributed by atoms with van der Waals surface area (Å²) in [5, 5.41) is 5.96. The van der Waals surface area contributed by atoms with Gasteiger partial charge in [-0.3, -0.25) is 9.48 Å². The van der Waals surface area contributed by atoms with Crippen LogP contribution in [-0.2, 0) is 11.0 Å². The zero-order chi connectivity index (χ0) is 22.0. The second kappa shape index (κ2) is 8.78. The largest absolute Gasteiger partial charge is 0.433 e. The first-order valence-electron chi connectivity index (χ1n) is 10.1. The van der Waals surface area contributed by atoms with E-state index in [0.29, 0.717) is 30.8 Å². The number of hydrogen-bond donors (Lipinski definition) is 0. The van der Waals surface area contributed by atoms with Crippen LogP contribution in [0, 0.1) is 0 Å². The molecule has 0 spiro atoms. The first-order valence-corrected chi connectivity index (χ1v) is 11.0. The lowest BCUT2D eigenvalue weighted by Crippen LogP contribution is -2.40. The number of piperidine rings is 1. The molecule has 0 N–H and O–H groups in total. The van der Waals surface area contributed by atoms with Crippen molar-refractivity contribution in [3.63, 3.8) is 0 Å². The number of rotatable bonds is 5. The van der Waals surface area contributed by atoms with Crippen molar-refractivity contribution >= 4 is 17.2 Å². The monoisotopic (exact) mass is 449 g/mol. The number of likely N-dealkylation sites (tertiary alicyclic amines) is 1. The number of aromatic nitrogens is 4. The fourth-order valence-corrected chi connectivity index (χ4v) is 4.46. The summed E-state index contributed by atoms with van der Waals surface area (Å²) < 4.78 is 42.2. The lowest BCUT2D eigenvalue weighted by molar-refractivity contribution is -0.141. The van der Waals surface area contributed by atoms with Gasteiger partial charge in [-0.05, 0) is 43.3 Å². The standard InChI is InChI=1S/C21H22F3N5OS/c1-14(29-9-4-7-25-29)11-19(30)28-8-2-5-15(13-28)20-26-16(17-6-3-10-31-17)12-18(27-20)21(22,23)24/h3-4,6-7,9-10,12,14-15H,2,5,8,11,13H2,1H3/t14-,15-/m0/s1. The lowest BCUT2D eigenvalue weighted by Gasteiger charge is -2.33. The van der Waals surface area contributed by atoms with Crippen molar-refractivity contribution in [1.82, 2.24) is 24.6 Å². The fourth-order valence-electron chi connectivity index (χ4n) is 3.78. The van der Waals surface area contributed by atoms with Gasteiger partial charge in [-0.1, -0.05) is 6.07 Å². The third kappa shape index (κ3) is 4.95. The summed E-state index contributed by atoms with van der Waals surface area (Å²) in [6.45, 7) is 2.81. The average Bonchev–Trinajstić information content (AvgIpc) is 3.47. The molecule has 1 aliphatic heterocycles. The van der Waals surface area contributed by atoms with E-state index in [-0.39, 0.29) is 35.8 Å². The van der Waals surface area contributed by atoms with Crippen LogP contribution in [0.5, 0.6) is 0 Å². The molecule has 31 heavy (non-hydrogen) atoms. The maximum Gasteiger partial charge on any atom is 0.433 e. The highest BCUT2D eigenvalue weighted by molar-refractivity contribution is 7.13. The summed E-state index contributed by atoms with van der Waals surface area (Å²) in [5.41, 5.74) is -0.681. The molecule has 0 unspecified atom stereocenters. The SMILES string of the molecule is C[C@@H](CC(=O)N1CCC[C@H](c2nc(-c3cccs3)cc(C(F)(F)F)n2)C1)n1cccn1. The summed E-state index contributed by atoms with van der Waals surface area (Å²) in [6, 6.07) is 6.21. The Balaban J connectivity index is 1.55. The molecule has 1 amide bonds. The third-order valence-electron chi connectivity index (χ3n) is 5.39.